The summed E-state index contributed by atoms with van der Waals surface area (Å²) in [5, 5.41) is 5.95. The zero-order chi connectivity index (χ0) is 17.2. The fourth-order valence-corrected chi connectivity index (χ4v) is 3.71. The number of hydrogen-bond acceptors (Lipinski definition) is 6. The van der Waals surface area contributed by atoms with E-state index in [1.165, 1.54) is 12.4 Å². The predicted octanol–water partition coefficient (Wildman–Crippen LogP) is 3.44. The second-order valence-corrected chi connectivity index (χ2v) is 6.87. The smallest absolute Gasteiger partial charge is 0.185 e. The molecule has 1 fully saturated rings. The van der Waals surface area contributed by atoms with Gasteiger partial charge >= 0.3 is 0 Å². The van der Waals surface area contributed by atoms with E-state index in [2.05, 4.69) is 30.5 Å². The Balaban J connectivity index is 1.43. The molecule has 0 aliphatic carbocycles. The van der Waals surface area contributed by atoms with Crippen molar-refractivity contribution in [1.82, 2.24) is 19.9 Å². The van der Waals surface area contributed by atoms with Gasteiger partial charge in [-0.3, -0.25) is 4.90 Å². The molecule has 0 spiro atoms. The number of thiazole rings is 1. The van der Waals surface area contributed by atoms with Crippen LogP contribution in [0.2, 0.25) is 0 Å². The molecule has 1 aliphatic rings. The van der Waals surface area contributed by atoms with Crippen molar-refractivity contribution >= 4 is 28.1 Å². The molecule has 25 heavy (non-hydrogen) atoms. The van der Waals surface area contributed by atoms with Gasteiger partial charge in [0.2, 0.25) is 0 Å². The van der Waals surface area contributed by atoms with Crippen LogP contribution in [0.3, 0.4) is 0 Å². The molecule has 1 aliphatic heterocycles. The average Bonchev–Trinajstić information content (AvgIpc) is 3.13. The van der Waals surface area contributed by atoms with Crippen LogP contribution in [0.5, 0.6) is 0 Å². The van der Waals surface area contributed by atoms with Gasteiger partial charge in [-0.05, 0) is 25.0 Å². The van der Waals surface area contributed by atoms with Crippen LogP contribution in [-0.2, 0) is 6.54 Å². The average molecular weight is 361 g/mol. The van der Waals surface area contributed by atoms with Crippen LogP contribution in [0, 0.1) is 11.6 Å². The topological polar surface area (TPSA) is 53.9 Å². The van der Waals surface area contributed by atoms with Gasteiger partial charge in [0.05, 0.1) is 11.2 Å². The van der Waals surface area contributed by atoms with Crippen LogP contribution in [0.4, 0.5) is 14.6 Å². The standard InChI is InChI=1S/C17H17F2N5S/c18-14-2-1-13-16(15(14)19)20-9-21-17(13)23-11-3-5-24(6-4-11)7-12-8-25-10-22-12/h1-2,8-11H,3-7H2,(H,20,21,23). The highest BCUT2D eigenvalue weighted by Gasteiger charge is 2.21. The summed E-state index contributed by atoms with van der Waals surface area (Å²) in [6, 6.07) is 2.88. The summed E-state index contributed by atoms with van der Waals surface area (Å²) in [6.45, 7) is 2.79. The number of benzene rings is 1. The molecule has 3 aromatic rings. The van der Waals surface area contributed by atoms with Gasteiger partial charge < -0.3 is 5.32 Å². The lowest BCUT2D eigenvalue weighted by atomic mass is 10.0. The molecule has 3 heterocycles. The Kier molecular flexibility index (Phi) is 4.54. The maximum atomic E-state index is 13.9. The minimum Gasteiger partial charge on any atom is -0.367 e. The minimum atomic E-state index is -0.930. The third-order valence-corrected chi connectivity index (χ3v) is 5.13. The van der Waals surface area contributed by atoms with Crippen molar-refractivity contribution in [2.24, 2.45) is 0 Å². The monoisotopic (exact) mass is 361 g/mol. The second-order valence-electron chi connectivity index (χ2n) is 6.15. The molecule has 4 rings (SSSR count). The molecule has 0 unspecified atom stereocenters. The zero-order valence-electron chi connectivity index (χ0n) is 13.5. The number of nitrogens with one attached hydrogen (secondary N) is 1. The fourth-order valence-electron chi connectivity index (χ4n) is 3.16. The van der Waals surface area contributed by atoms with E-state index in [1.54, 1.807) is 11.3 Å². The van der Waals surface area contributed by atoms with Crippen molar-refractivity contribution in [2.75, 3.05) is 18.4 Å². The van der Waals surface area contributed by atoms with Gasteiger partial charge in [-0.1, -0.05) is 0 Å². The van der Waals surface area contributed by atoms with Crippen molar-refractivity contribution in [3.05, 3.63) is 46.7 Å². The number of aromatic nitrogens is 3. The minimum absolute atomic E-state index is 0.0125. The first-order valence-electron chi connectivity index (χ1n) is 8.15. The second kappa shape index (κ2) is 6.97. The van der Waals surface area contributed by atoms with Crippen molar-refractivity contribution < 1.29 is 8.78 Å². The lowest BCUT2D eigenvalue weighted by Crippen LogP contribution is -2.38. The first-order chi connectivity index (χ1) is 12.2. The van der Waals surface area contributed by atoms with Gasteiger partial charge in [0.25, 0.3) is 0 Å². The van der Waals surface area contributed by atoms with Crippen LogP contribution < -0.4 is 5.32 Å². The SMILES string of the molecule is Fc1ccc2c(NC3CCN(Cc4cscn4)CC3)ncnc2c1F. The van der Waals surface area contributed by atoms with E-state index in [1.807, 2.05) is 5.51 Å². The van der Waals surface area contributed by atoms with E-state index in [0.717, 1.165) is 44.2 Å². The highest BCUT2D eigenvalue weighted by Crippen LogP contribution is 2.25. The van der Waals surface area contributed by atoms with Crippen molar-refractivity contribution in [2.45, 2.75) is 25.4 Å². The summed E-state index contributed by atoms with van der Waals surface area (Å²) in [6.07, 6.45) is 3.18. The Bertz CT molecular complexity index is 863. The molecule has 0 radical (unpaired) electrons. The molecule has 8 heteroatoms. The van der Waals surface area contributed by atoms with Crippen molar-refractivity contribution in [1.29, 1.82) is 0 Å². The Morgan fingerprint density at radius 2 is 2.00 bits per heavy atom. The van der Waals surface area contributed by atoms with E-state index < -0.39 is 11.6 Å². The van der Waals surface area contributed by atoms with E-state index in [9.17, 15) is 8.78 Å². The fraction of sp³-hybridized carbons (Fsp3) is 0.353. The van der Waals surface area contributed by atoms with Crippen molar-refractivity contribution in [3.63, 3.8) is 0 Å². The molecule has 0 saturated carbocycles. The molecular formula is C17H17F2N5S. The first-order valence-corrected chi connectivity index (χ1v) is 9.09. The third-order valence-electron chi connectivity index (χ3n) is 4.50. The summed E-state index contributed by atoms with van der Waals surface area (Å²) in [4.78, 5) is 14.8. The van der Waals surface area contributed by atoms with Gasteiger partial charge in [-0.15, -0.1) is 11.3 Å². The predicted molar refractivity (Wildman–Crippen MR) is 93.5 cm³/mol. The van der Waals surface area contributed by atoms with Crippen LogP contribution in [0.1, 0.15) is 18.5 Å². The highest BCUT2D eigenvalue weighted by atomic mass is 32.1. The number of hydrogen-bond donors (Lipinski definition) is 1. The molecule has 1 N–H and O–H groups in total. The molecule has 2 aromatic heterocycles. The van der Waals surface area contributed by atoms with Crippen molar-refractivity contribution in [3.8, 4) is 0 Å². The van der Waals surface area contributed by atoms with E-state index in [0.29, 0.717) is 11.2 Å². The van der Waals surface area contributed by atoms with Gasteiger partial charge in [-0.25, -0.2) is 23.7 Å². The van der Waals surface area contributed by atoms with Gasteiger partial charge in [0.15, 0.2) is 11.6 Å². The van der Waals surface area contributed by atoms with Crippen LogP contribution in [0.15, 0.2) is 29.4 Å². The molecule has 0 bridgehead atoms. The van der Waals surface area contributed by atoms with Crippen LogP contribution in [-0.4, -0.2) is 39.0 Å². The van der Waals surface area contributed by atoms with Gasteiger partial charge in [0.1, 0.15) is 17.7 Å². The van der Waals surface area contributed by atoms with Gasteiger partial charge in [-0.2, -0.15) is 0 Å². The lowest BCUT2D eigenvalue weighted by molar-refractivity contribution is 0.209. The molecule has 1 saturated heterocycles. The van der Waals surface area contributed by atoms with E-state index in [-0.39, 0.29) is 11.6 Å². The lowest BCUT2D eigenvalue weighted by Gasteiger charge is -2.32. The largest absolute Gasteiger partial charge is 0.367 e. The number of nitrogens with zero attached hydrogens (tertiary/aromatic N) is 4. The molecule has 0 atom stereocenters. The summed E-state index contributed by atoms with van der Waals surface area (Å²) < 4.78 is 27.3. The summed E-state index contributed by atoms with van der Waals surface area (Å²) in [5.41, 5.74) is 2.97. The van der Waals surface area contributed by atoms with Gasteiger partial charge in [0, 0.05) is 36.4 Å². The Morgan fingerprint density at radius 1 is 1.16 bits per heavy atom. The first kappa shape index (κ1) is 16.3. The van der Waals surface area contributed by atoms with Crippen LogP contribution in [0.25, 0.3) is 10.9 Å². The Morgan fingerprint density at radius 3 is 2.76 bits per heavy atom. The maximum Gasteiger partial charge on any atom is 0.185 e. The normalized spacial score (nSPS) is 16.4. The summed E-state index contributed by atoms with van der Waals surface area (Å²) in [5.74, 6) is -1.27. The van der Waals surface area contributed by atoms with Crippen LogP contribution >= 0.6 is 11.3 Å². The summed E-state index contributed by atoms with van der Waals surface area (Å²) in [7, 11) is 0. The molecule has 5 nitrogen and oxygen atoms in total. The number of piperidine rings is 1. The third kappa shape index (κ3) is 3.45. The van der Waals surface area contributed by atoms with E-state index in [4.69, 9.17) is 0 Å². The Hall–Kier alpha value is -2.19. The molecular weight excluding hydrogens is 344 g/mol. The number of anilines is 1. The number of rotatable bonds is 4. The highest BCUT2D eigenvalue weighted by molar-refractivity contribution is 7.07. The molecule has 130 valence electrons. The summed E-state index contributed by atoms with van der Waals surface area (Å²) >= 11 is 1.61. The molecule has 1 aromatic carbocycles. The number of fused-ring (bicyclic) bond motifs is 1. The molecule has 0 amide bonds. The number of likely N-dealkylation sites (tertiary alicyclic amines) is 1. The number of halogens is 2. The zero-order valence-corrected chi connectivity index (χ0v) is 14.3. The Labute approximate surface area is 147 Å². The quantitative estimate of drug-likeness (QED) is 0.771. The van der Waals surface area contributed by atoms with E-state index >= 15 is 0 Å². The maximum absolute atomic E-state index is 13.9.